The fourth-order valence-electron chi connectivity index (χ4n) is 2.94. The molecular formula is C16H25N5O2. The summed E-state index contributed by atoms with van der Waals surface area (Å²) < 4.78 is 5.32. The van der Waals surface area contributed by atoms with E-state index in [1.165, 1.54) is 0 Å². The van der Waals surface area contributed by atoms with E-state index < -0.39 is 0 Å². The molecule has 1 aromatic heterocycles. The van der Waals surface area contributed by atoms with Crippen molar-refractivity contribution in [1.29, 1.82) is 0 Å². The third kappa shape index (κ3) is 4.56. The zero-order chi connectivity index (χ0) is 15.9. The molecule has 0 aromatic carbocycles. The van der Waals surface area contributed by atoms with Crippen molar-refractivity contribution in [2.45, 2.75) is 0 Å². The van der Waals surface area contributed by atoms with E-state index in [-0.39, 0.29) is 6.03 Å². The molecule has 0 unspecified atom stereocenters. The van der Waals surface area contributed by atoms with E-state index in [1.54, 1.807) is 6.20 Å². The number of anilines is 1. The van der Waals surface area contributed by atoms with Gasteiger partial charge in [-0.15, -0.1) is 0 Å². The van der Waals surface area contributed by atoms with Crippen molar-refractivity contribution in [3.05, 3.63) is 24.4 Å². The van der Waals surface area contributed by atoms with Crippen molar-refractivity contribution in [1.82, 2.24) is 20.1 Å². The van der Waals surface area contributed by atoms with Gasteiger partial charge in [-0.1, -0.05) is 6.07 Å². The van der Waals surface area contributed by atoms with E-state index in [9.17, 15) is 4.79 Å². The molecule has 0 bridgehead atoms. The Morgan fingerprint density at radius 2 is 1.91 bits per heavy atom. The van der Waals surface area contributed by atoms with Gasteiger partial charge in [-0.25, -0.2) is 9.78 Å². The van der Waals surface area contributed by atoms with Gasteiger partial charge in [0.1, 0.15) is 5.82 Å². The zero-order valence-corrected chi connectivity index (χ0v) is 13.5. The van der Waals surface area contributed by atoms with Crippen LogP contribution >= 0.6 is 0 Å². The molecular weight excluding hydrogens is 294 g/mol. The van der Waals surface area contributed by atoms with Gasteiger partial charge in [0.15, 0.2) is 0 Å². The highest BCUT2D eigenvalue weighted by atomic mass is 16.5. The molecule has 3 rings (SSSR count). The number of morpholine rings is 1. The van der Waals surface area contributed by atoms with E-state index in [1.807, 2.05) is 23.1 Å². The first-order valence-corrected chi connectivity index (χ1v) is 8.32. The molecule has 7 nitrogen and oxygen atoms in total. The maximum atomic E-state index is 12.2. The van der Waals surface area contributed by atoms with E-state index >= 15 is 0 Å². The van der Waals surface area contributed by atoms with Crippen LogP contribution in [0.5, 0.6) is 0 Å². The molecule has 0 saturated carbocycles. The number of carbonyl (C=O) groups is 1. The molecule has 23 heavy (non-hydrogen) atoms. The number of ether oxygens (including phenoxy) is 1. The SMILES string of the molecule is O=C(NCCN1CCOCC1)N1CCN(c2ccccn2)CC1. The molecule has 0 radical (unpaired) electrons. The minimum absolute atomic E-state index is 0.0407. The summed E-state index contributed by atoms with van der Waals surface area (Å²) in [4.78, 5) is 23.0. The summed E-state index contributed by atoms with van der Waals surface area (Å²) in [7, 11) is 0. The van der Waals surface area contributed by atoms with E-state index in [4.69, 9.17) is 4.74 Å². The largest absolute Gasteiger partial charge is 0.379 e. The van der Waals surface area contributed by atoms with Crippen LogP contribution in [-0.4, -0.2) is 86.4 Å². The second-order valence-electron chi connectivity index (χ2n) is 5.85. The van der Waals surface area contributed by atoms with Gasteiger partial charge in [0.25, 0.3) is 0 Å². The van der Waals surface area contributed by atoms with Crippen LogP contribution in [0.2, 0.25) is 0 Å². The summed E-state index contributed by atoms with van der Waals surface area (Å²) in [6, 6.07) is 5.96. The molecule has 0 atom stereocenters. The Balaban J connectivity index is 1.36. The molecule has 0 aliphatic carbocycles. The maximum Gasteiger partial charge on any atom is 0.317 e. The van der Waals surface area contributed by atoms with Crippen LogP contribution in [0.3, 0.4) is 0 Å². The summed E-state index contributed by atoms with van der Waals surface area (Å²) in [5, 5.41) is 3.02. The molecule has 126 valence electrons. The first kappa shape index (κ1) is 16.0. The van der Waals surface area contributed by atoms with Crippen LogP contribution in [0.15, 0.2) is 24.4 Å². The summed E-state index contributed by atoms with van der Waals surface area (Å²) >= 11 is 0. The Morgan fingerprint density at radius 1 is 1.13 bits per heavy atom. The molecule has 2 aliphatic heterocycles. The lowest BCUT2D eigenvalue weighted by Crippen LogP contribution is -2.53. The Labute approximate surface area is 137 Å². The van der Waals surface area contributed by atoms with Gasteiger partial charge >= 0.3 is 6.03 Å². The Morgan fingerprint density at radius 3 is 2.61 bits per heavy atom. The van der Waals surface area contributed by atoms with Crippen LogP contribution in [0.25, 0.3) is 0 Å². The number of carbonyl (C=O) groups excluding carboxylic acids is 1. The van der Waals surface area contributed by atoms with Crippen molar-refractivity contribution < 1.29 is 9.53 Å². The first-order valence-electron chi connectivity index (χ1n) is 8.32. The second kappa shape index (κ2) is 8.12. The summed E-state index contributed by atoms with van der Waals surface area (Å²) in [6.07, 6.45) is 1.81. The summed E-state index contributed by atoms with van der Waals surface area (Å²) in [6.45, 7) is 8.22. The standard InChI is InChI=1S/C16H25N5O2/c22-16(18-5-6-19-11-13-23-14-12-19)21-9-7-20(8-10-21)15-3-1-2-4-17-15/h1-4H,5-14H2,(H,18,22). The molecule has 1 aromatic rings. The third-order valence-electron chi connectivity index (χ3n) is 4.35. The van der Waals surface area contributed by atoms with Crippen molar-refractivity contribution in [3.8, 4) is 0 Å². The molecule has 3 heterocycles. The molecule has 2 saturated heterocycles. The summed E-state index contributed by atoms with van der Waals surface area (Å²) in [5.74, 6) is 0.986. The van der Waals surface area contributed by atoms with Gasteiger partial charge in [0.2, 0.25) is 0 Å². The highest BCUT2D eigenvalue weighted by molar-refractivity contribution is 5.74. The minimum atomic E-state index is 0.0407. The molecule has 2 amide bonds. The van der Waals surface area contributed by atoms with Gasteiger partial charge in [0.05, 0.1) is 13.2 Å². The highest BCUT2D eigenvalue weighted by Crippen LogP contribution is 2.12. The number of aromatic nitrogens is 1. The molecule has 2 aliphatic rings. The van der Waals surface area contributed by atoms with E-state index in [2.05, 4.69) is 20.1 Å². The number of rotatable bonds is 4. The van der Waals surface area contributed by atoms with E-state index in [0.717, 1.165) is 64.8 Å². The van der Waals surface area contributed by atoms with Crippen molar-refractivity contribution in [2.24, 2.45) is 0 Å². The lowest BCUT2D eigenvalue weighted by atomic mass is 10.3. The predicted octanol–water partition coefficient (Wildman–Crippen LogP) is 0.245. The van der Waals surface area contributed by atoms with Crippen molar-refractivity contribution in [2.75, 3.05) is 70.5 Å². The summed E-state index contributed by atoms with van der Waals surface area (Å²) in [5.41, 5.74) is 0. The number of urea groups is 1. The average Bonchev–Trinajstić information content (AvgIpc) is 2.63. The number of piperazine rings is 1. The number of nitrogens with one attached hydrogen (secondary N) is 1. The average molecular weight is 319 g/mol. The number of pyridine rings is 1. The van der Waals surface area contributed by atoms with Crippen LogP contribution in [0.1, 0.15) is 0 Å². The monoisotopic (exact) mass is 319 g/mol. The van der Waals surface area contributed by atoms with Gasteiger partial charge in [0, 0.05) is 58.6 Å². The predicted molar refractivity (Wildman–Crippen MR) is 88.7 cm³/mol. The second-order valence-corrected chi connectivity index (χ2v) is 5.85. The van der Waals surface area contributed by atoms with Gasteiger partial charge in [-0.3, -0.25) is 4.90 Å². The van der Waals surface area contributed by atoms with Crippen molar-refractivity contribution in [3.63, 3.8) is 0 Å². The fraction of sp³-hybridized carbons (Fsp3) is 0.625. The van der Waals surface area contributed by atoms with Gasteiger partial charge in [-0.2, -0.15) is 0 Å². The van der Waals surface area contributed by atoms with Crippen molar-refractivity contribution >= 4 is 11.8 Å². The number of hydrogen-bond donors (Lipinski definition) is 1. The lowest BCUT2D eigenvalue weighted by molar-refractivity contribution is 0.0386. The van der Waals surface area contributed by atoms with E-state index in [0.29, 0.717) is 6.54 Å². The number of nitrogens with zero attached hydrogens (tertiary/aromatic N) is 4. The molecule has 2 fully saturated rings. The lowest BCUT2D eigenvalue weighted by Gasteiger charge is -2.35. The van der Waals surface area contributed by atoms with Crippen LogP contribution in [-0.2, 0) is 4.74 Å². The minimum Gasteiger partial charge on any atom is -0.379 e. The zero-order valence-electron chi connectivity index (χ0n) is 13.5. The smallest absolute Gasteiger partial charge is 0.317 e. The van der Waals surface area contributed by atoms with Crippen LogP contribution < -0.4 is 10.2 Å². The normalized spacial score (nSPS) is 19.7. The number of hydrogen-bond acceptors (Lipinski definition) is 5. The highest BCUT2D eigenvalue weighted by Gasteiger charge is 2.21. The third-order valence-corrected chi connectivity index (χ3v) is 4.35. The van der Waals surface area contributed by atoms with Crippen LogP contribution in [0, 0.1) is 0 Å². The van der Waals surface area contributed by atoms with Crippen LogP contribution in [0.4, 0.5) is 10.6 Å². The Bertz CT molecular complexity index is 485. The van der Waals surface area contributed by atoms with Gasteiger partial charge in [-0.05, 0) is 12.1 Å². The molecule has 7 heteroatoms. The maximum absolute atomic E-state index is 12.2. The Hall–Kier alpha value is -1.86. The fourth-order valence-corrected chi connectivity index (χ4v) is 2.94. The Kier molecular flexibility index (Phi) is 5.65. The quantitative estimate of drug-likeness (QED) is 0.862. The van der Waals surface area contributed by atoms with Gasteiger partial charge < -0.3 is 19.9 Å². The number of amides is 2. The first-order chi connectivity index (χ1) is 11.3. The topological polar surface area (TPSA) is 60.9 Å². The molecule has 0 spiro atoms. The molecule has 1 N–H and O–H groups in total.